The van der Waals surface area contributed by atoms with E-state index in [1.807, 2.05) is 0 Å². The highest BCUT2D eigenvalue weighted by atomic mass is 16.1. The molecule has 0 saturated heterocycles. The molecule has 2 saturated carbocycles. The van der Waals surface area contributed by atoms with Crippen LogP contribution in [0.2, 0.25) is 0 Å². The summed E-state index contributed by atoms with van der Waals surface area (Å²) in [6.07, 6.45) is 4.84. The molecule has 0 heterocycles. The third kappa shape index (κ3) is 0.918. The Morgan fingerprint density at radius 2 is 1.85 bits per heavy atom. The molecule has 0 radical (unpaired) electrons. The van der Waals surface area contributed by atoms with Crippen molar-refractivity contribution in [2.24, 2.45) is 17.3 Å². The summed E-state index contributed by atoms with van der Waals surface area (Å²) in [7, 11) is 0. The molecule has 3 atom stereocenters. The highest BCUT2D eigenvalue weighted by Gasteiger charge is 2.60. The van der Waals surface area contributed by atoms with Gasteiger partial charge < -0.3 is 5.32 Å². The minimum atomic E-state index is 0.0394. The minimum absolute atomic E-state index is 0.0394. The van der Waals surface area contributed by atoms with Gasteiger partial charge in [-0.1, -0.05) is 13.8 Å². The molecule has 2 heteroatoms. The van der Waals surface area contributed by atoms with E-state index in [1.165, 1.54) is 19.3 Å². The van der Waals surface area contributed by atoms with Crippen LogP contribution >= 0.6 is 0 Å². The average molecular weight is 181 g/mol. The zero-order chi connectivity index (χ0) is 9.69. The highest BCUT2D eigenvalue weighted by Crippen LogP contribution is 2.61. The van der Waals surface area contributed by atoms with Gasteiger partial charge in [-0.2, -0.15) is 0 Å². The summed E-state index contributed by atoms with van der Waals surface area (Å²) in [6, 6.07) is 0. The molecule has 0 aromatic heterocycles. The van der Waals surface area contributed by atoms with E-state index >= 15 is 0 Å². The van der Waals surface area contributed by atoms with Gasteiger partial charge in [-0.15, -0.1) is 0 Å². The molecule has 1 amide bonds. The van der Waals surface area contributed by atoms with Gasteiger partial charge in [-0.05, 0) is 43.4 Å². The summed E-state index contributed by atoms with van der Waals surface area (Å²) in [5.41, 5.74) is 0.314. The van der Waals surface area contributed by atoms with E-state index < -0.39 is 0 Å². The Bertz CT molecular complexity index is 236. The Balaban J connectivity index is 2.32. The molecule has 2 aliphatic rings. The van der Waals surface area contributed by atoms with Crippen LogP contribution in [0, 0.1) is 17.3 Å². The third-order valence-corrected chi connectivity index (χ3v) is 4.97. The molecule has 0 aromatic carbocycles. The van der Waals surface area contributed by atoms with Gasteiger partial charge in [0.1, 0.15) is 0 Å². The van der Waals surface area contributed by atoms with Crippen LogP contribution in [0.3, 0.4) is 0 Å². The molecule has 0 aromatic rings. The summed E-state index contributed by atoms with van der Waals surface area (Å²) in [4.78, 5) is 10.6. The first kappa shape index (κ1) is 9.04. The number of carbonyl (C=O) groups is 1. The van der Waals surface area contributed by atoms with Crippen molar-refractivity contribution in [2.45, 2.75) is 45.6 Å². The van der Waals surface area contributed by atoms with E-state index in [9.17, 15) is 4.79 Å². The van der Waals surface area contributed by atoms with E-state index in [0.29, 0.717) is 5.92 Å². The zero-order valence-electron chi connectivity index (χ0n) is 8.76. The van der Waals surface area contributed by atoms with Crippen molar-refractivity contribution >= 4 is 6.41 Å². The lowest BCUT2D eigenvalue weighted by molar-refractivity contribution is -0.113. The summed E-state index contributed by atoms with van der Waals surface area (Å²) in [6.45, 7) is 6.81. The van der Waals surface area contributed by atoms with Crippen molar-refractivity contribution in [3.63, 3.8) is 0 Å². The summed E-state index contributed by atoms with van der Waals surface area (Å²) in [5.74, 6) is 1.52. The average Bonchev–Trinajstić information content (AvgIpc) is 2.56. The normalized spacial score (nSPS) is 46.4. The molecule has 2 nitrogen and oxygen atoms in total. The van der Waals surface area contributed by atoms with E-state index in [1.54, 1.807) is 0 Å². The number of rotatable bonds is 2. The molecule has 2 fully saturated rings. The SMILES string of the molecule is CC1(C)C2CCC(C2)C1(C)NC=O. The number of carbonyl (C=O) groups excluding carboxylic acids is 1. The fourth-order valence-electron chi connectivity index (χ4n) is 3.54. The molecular weight excluding hydrogens is 162 g/mol. The molecule has 2 rings (SSSR count). The monoisotopic (exact) mass is 181 g/mol. The molecule has 2 bridgehead atoms. The predicted octanol–water partition coefficient (Wildman–Crippen LogP) is 1.95. The van der Waals surface area contributed by atoms with E-state index in [4.69, 9.17) is 0 Å². The van der Waals surface area contributed by atoms with Crippen molar-refractivity contribution in [1.29, 1.82) is 0 Å². The molecular formula is C11H19NO. The first-order valence-electron chi connectivity index (χ1n) is 5.23. The predicted molar refractivity (Wildman–Crippen MR) is 52.2 cm³/mol. The van der Waals surface area contributed by atoms with Gasteiger partial charge >= 0.3 is 0 Å². The molecule has 0 aliphatic heterocycles. The topological polar surface area (TPSA) is 29.1 Å². The molecule has 13 heavy (non-hydrogen) atoms. The second-order valence-corrected chi connectivity index (χ2v) is 5.39. The minimum Gasteiger partial charge on any atom is -0.353 e. The number of hydrogen-bond acceptors (Lipinski definition) is 1. The molecule has 2 aliphatic carbocycles. The Hall–Kier alpha value is -0.530. The van der Waals surface area contributed by atoms with E-state index in [0.717, 1.165) is 12.3 Å². The van der Waals surface area contributed by atoms with E-state index in [2.05, 4.69) is 26.1 Å². The summed E-state index contributed by atoms with van der Waals surface area (Å²) >= 11 is 0. The van der Waals surface area contributed by atoms with Crippen molar-refractivity contribution in [3.05, 3.63) is 0 Å². The van der Waals surface area contributed by atoms with Crippen molar-refractivity contribution in [1.82, 2.24) is 5.32 Å². The van der Waals surface area contributed by atoms with Gasteiger partial charge in [-0.25, -0.2) is 0 Å². The van der Waals surface area contributed by atoms with Crippen LogP contribution < -0.4 is 5.32 Å². The van der Waals surface area contributed by atoms with Gasteiger partial charge in [-0.3, -0.25) is 4.79 Å². The lowest BCUT2D eigenvalue weighted by Crippen LogP contribution is -2.56. The Labute approximate surface area is 80.1 Å². The first-order chi connectivity index (χ1) is 6.02. The Morgan fingerprint density at radius 1 is 1.23 bits per heavy atom. The number of nitrogens with one attached hydrogen (secondary N) is 1. The third-order valence-electron chi connectivity index (χ3n) is 4.97. The maximum Gasteiger partial charge on any atom is 0.207 e. The number of amides is 1. The van der Waals surface area contributed by atoms with Crippen LogP contribution in [-0.2, 0) is 4.79 Å². The second-order valence-electron chi connectivity index (χ2n) is 5.39. The van der Waals surface area contributed by atoms with Crippen molar-refractivity contribution in [2.75, 3.05) is 0 Å². The lowest BCUT2D eigenvalue weighted by atomic mass is 9.64. The van der Waals surface area contributed by atoms with Crippen LogP contribution in [0.1, 0.15) is 40.0 Å². The van der Waals surface area contributed by atoms with Crippen molar-refractivity contribution in [3.8, 4) is 0 Å². The van der Waals surface area contributed by atoms with Gasteiger partial charge in [0.25, 0.3) is 0 Å². The molecule has 3 unspecified atom stereocenters. The van der Waals surface area contributed by atoms with E-state index in [-0.39, 0.29) is 11.0 Å². The van der Waals surface area contributed by atoms with Crippen LogP contribution in [0.15, 0.2) is 0 Å². The maximum atomic E-state index is 10.6. The summed E-state index contributed by atoms with van der Waals surface area (Å²) in [5, 5.41) is 3.06. The second kappa shape index (κ2) is 2.49. The summed E-state index contributed by atoms with van der Waals surface area (Å²) < 4.78 is 0. The largest absolute Gasteiger partial charge is 0.353 e. The van der Waals surface area contributed by atoms with Crippen LogP contribution in [0.4, 0.5) is 0 Å². The van der Waals surface area contributed by atoms with Gasteiger partial charge in [0.15, 0.2) is 0 Å². The van der Waals surface area contributed by atoms with Crippen LogP contribution in [0.25, 0.3) is 0 Å². The maximum absolute atomic E-state index is 10.6. The lowest BCUT2D eigenvalue weighted by Gasteiger charge is -2.47. The van der Waals surface area contributed by atoms with Crippen LogP contribution in [-0.4, -0.2) is 11.9 Å². The van der Waals surface area contributed by atoms with Gasteiger partial charge in [0.2, 0.25) is 6.41 Å². The highest BCUT2D eigenvalue weighted by molar-refractivity contribution is 5.49. The molecule has 0 spiro atoms. The van der Waals surface area contributed by atoms with Gasteiger partial charge in [0.05, 0.1) is 0 Å². The quantitative estimate of drug-likeness (QED) is 0.648. The Morgan fingerprint density at radius 3 is 2.31 bits per heavy atom. The fraction of sp³-hybridized carbons (Fsp3) is 0.909. The van der Waals surface area contributed by atoms with Crippen LogP contribution in [0.5, 0.6) is 0 Å². The standard InChI is InChI=1S/C11H19NO/c1-10(2)8-4-5-9(6-8)11(10,3)12-7-13/h7-9H,4-6H2,1-3H3,(H,12,13). The first-order valence-corrected chi connectivity index (χ1v) is 5.23. The fourth-order valence-corrected chi connectivity index (χ4v) is 3.54. The molecule has 74 valence electrons. The number of fused-ring (bicyclic) bond motifs is 2. The van der Waals surface area contributed by atoms with Crippen molar-refractivity contribution < 1.29 is 4.79 Å². The smallest absolute Gasteiger partial charge is 0.207 e. The number of hydrogen-bond donors (Lipinski definition) is 1. The Kier molecular flexibility index (Phi) is 1.73. The molecule has 1 N–H and O–H groups in total. The zero-order valence-corrected chi connectivity index (χ0v) is 8.76. The van der Waals surface area contributed by atoms with Gasteiger partial charge in [0, 0.05) is 5.54 Å².